The molecule has 30 heavy (non-hydrogen) atoms. The number of aromatic hydroxyl groups is 1. The molecule has 0 aliphatic heterocycles. The fourth-order valence-electron chi connectivity index (χ4n) is 3.30. The average molecular weight is 412 g/mol. The molecule has 6 nitrogen and oxygen atoms in total. The van der Waals surface area contributed by atoms with Gasteiger partial charge in [0.1, 0.15) is 17.1 Å². The van der Waals surface area contributed by atoms with Crippen molar-refractivity contribution in [1.29, 1.82) is 0 Å². The number of fused-ring (bicyclic) bond motifs is 1. The summed E-state index contributed by atoms with van der Waals surface area (Å²) in [5.41, 5.74) is 2.13. The number of likely N-dealkylation sites (N-methyl/N-ethyl adjacent to an activating group) is 1. The van der Waals surface area contributed by atoms with Crippen LogP contribution in [0.5, 0.6) is 5.75 Å². The van der Waals surface area contributed by atoms with Crippen molar-refractivity contribution in [3.63, 3.8) is 0 Å². The number of halogens is 1. The Morgan fingerprint density at radius 3 is 2.53 bits per heavy atom. The van der Waals surface area contributed by atoms with Crippen molar-refractivity contribution in [2.45, 2.75) is 33.4 Å². The number of nitrogens with one attached hydrogen (secondary N) is 1. The molecular formula is C23H25FN2O4. The molecular weight excluding hydrogens is 387 g/mol. The lowest BCUT2D eigenvalue weighted by Gasteiger charge is -2.21. The van der Waals surface area contributed by atoms with Gasteiger partial charge in [0.25, 0.3) is 0 Å². The van der Waals surface area contributed by atoms with Crippen LogP contribution in [0.3, 0.4) is 0 Å². The number of rotatable bonds is 8. The lowest BCUT2D eigenvalue weighted by atomic mass is 10.0. The Labute approximate surface area is 173 Å². The van der Waals surface area contributed by atoms with Crippen molar-refractivity contribution < 1.29 is 18.7 Å². The van der Waals surface area contributed by atoms with Gasteiger partial charge in [0.15, 0.2) is 0 Å². The Kier molecular flexibility index (Phi) is 6.84. The molecule has 1 heterocycles. The highest BCUT2D eigenvalue weighted by atomic mass is 19.1. The molecule has 0 radical (unpaired) electrons. The summed E-state index contributed by atoms with van der Waals surface area (Å²) in [5, 5.41) is 13.6. The van der Waals surface area contributed by atoms with Gasteiger partial charge in [-0.15, -0.1) is 0 Å². The van der Waals surface area contributed by atoms with E-state index in [4.69, 9.17) is 4.42 Å². The van der Waals surface area contributed by atoms with Crippen molar-refractivity contribution in [3.05, 3.63) is 75.4 Å². The third kappa shape index (κ3) is 5.24. The van der Waals surface area contributed by atoms with Gasteiger partial charge in [-0.2, -0.15) is 0 Å². The number of aryl methyl sites for hydroxylation is 1. The lowest BCUT2D eigenvalue weighted by Crippen LogP contribution is -2.36. The number of hydrogen-bond donors (Lipinski definition) is 2. The van der Waals surface area contributed by atoms with E-state index in [2.05, 4.69) is 5.32 Å². The minimum absolute atomic E-state index is 0.0952. The molecule has 0 spiro atoms. The highest BCUT2D eigenvalue weighted by Crippen LogP contribution is 2.27. The van der Waals surface area contributed by atoms with E-state index in [0.29, 0.717) is 31.6 Å². The molecule has 0 atom stereocenters. The van der Waals surface area contributed by atoms with Gasteiger partial charge >= 0.3 is 5.63 Å². The van der Waals surface area contributed by atoms with Gasteiger partial charge in [-0.25, -0.2) is 9.18 Å². The van der Waals surface area contributed by atoms with Crippen LogP contribution in [0, 0.1) is 5.82 Å². The molecule has 1 aromatic heterocycles. The molecule has 2 aromatic carbocycles. The largest absolute Gasteiger partial charge is 0.508 e. The van der Waals surface area contributed by atoms with E-state index in [9.17, 15) is 19.1 Å². The quantitative estimate of drug-likeness (QED) is 0.555. The van der Waals surface area contributed by atoms with Crippen LogP contribution in [0.25, 0.3) is 11.0 Å². The van der Waals surface area contributed by atoms with Crippen molar-refractivity contribution in [2.75, 3.05) is 13.1 Å². The predicted molar refractivity (Wildman–Crippen MR) is 113 cm³/mol. The highest BCUT2D eigenvalue weighted by molar-refractivity contribution is 5.83. The monoisotopic (exact) mass is 412 g/mol. The van der Waals surface area contributed by atoms with Crippen LogP contribution in [0.4, 0.5) is 4.39 Å². The van der Waals surface area contributed by atoms with E-state index < -0.39 is 5.63 Å². The maximum Gasteiger partial charge on any atom is 0.336 e. The Morgan fingerprint density at radius 2 is 1.87 bits per heavy atom. The number of benzene rings is 2. The summed E-state index contributed by atoms with van der Waals surface area (Å²) in [5.74, 6) is -0.389. The van der Waals surface area contributed by atoms with Crippen LogP contribution < -0.4 is 10.9 Å². The van der Waals surface area contributed by atoms with Crippen LogP contribution in [0.1, 0.15) is 30.5 Å². The van der Waals surface area contributed by atoms with Gasteiger partial charge in [-0.3, -0.25) is 9.69 Å². The van der Waals surface area contributed by atoms with Gasteiger partial charge in [0, 0.05) is 30.6 Å². The Hall–Kier alpha value is -3.19. The number of phenolic OH excluding ortho intramolecular Hbond substituents is 1. The normalized spacial score (nSPS) is 11.2. The van der Waals surface area contributed by atoms with Gasteiger partial charge in [0.2, 0.25) is 5.91 Å². The van der Waals surface area contributed by atoms with Gasteiger partial charge in [-0.1, -0.05) is 26.0 Å². The second-order valence-corrected chi connectivity index (χ2v) is 7.13. The minimum atomic E-state index is -0.502. The summed E-state index contributed by atoms with van der Waals surface area (Å²) in [6.07, 6.45) is 0.642. The van der Waals surface area contributed by atoms with Gasteiger partial charge < -0.3 is 14.8 Å². The third-order valence-electron chi connectivity index (χ3n) is 5.02. The third-order valence-corrected chi connectivity index (χ3v) is 5.02. The minimum Gasteiger partial charge on any atom is -0.508 e. The standard InChI is InChI=1S/C23H25FN2O4/c1-3-16-9-19-17(10-23(29)30-21(19)11-20(16)27)13-26(4-2)14-22(28)25-12-15-5-7-18(24)8-6-15/h5-11,27H,3-4,12-14H2,1-2H3,(H,25,28). The fourth-order valence-corrected chi connectivity index (χ4v) is 3.30. The van der Waals surface area contributed by atoms with Crippen molar-refractivity contribution in [2.24, 2.45) is 0 Å². The maximum absolute atomic E-state index is 13.0. The van der Waals surface area contributed by atoms with Crippen LogP contribution in [-0.2, 0) is 24.3 Å². The van der Waals surface area contributed by atoms with Gasteiger partial charge in [-0.05, 0) is 47.9 Å². The summed E-state index contributed by atoms with van der Waals surface area (Å²) >= 11 is 0. The Balaban J connectivity index is 1.73. The van der Waals surface area contributed by atoms with Crippen molar-refractivity contribution >= 4 is 16.9 Å². The number of phenols is 1. The molecule has 2 N–H and O–H groups in total. The molecule has 7 heteroatoms. The molecule has 0 aliphatic rings. The number of carbonyl (C=O) groups excluding carboxylic acids is 1. The molecule has 0 fully saturated rings. The van der Waals surface area contributed by atoms with E-state index in [0.717, 1.165) is 22.1 Å². The Morgan fingerprint density at radius 1 is 1.13 bits per heavy atom. The summed E-state index contributed by atoms with van der Waals surface area (Å²) in [6.45, 7) is 5.32. The summed E-state index contributed by atoms with van der Waals surface area (Å²) < 4.78 is 18.2. The number of amides is 1. The van der Waals surface area contributed by atoms with Crippen LogP contribution in [0.15, 0.2) is 51.7 Å². The topological polar surface area (TPSA) is 82.8 Å². The Bertz CT molecular complexity index is 1090. The first-order chi connectivity index (χ1) is 14.4. The number of nitrogens with zero attached hydrogens (tertiary/aromatic N) is 1. The van der Waals surface area contributed by atoms with E-state index in [1.54, 1.807) is 12.1 Å². The fraction of sp³-hybridized carbons (Fsp3) is 0.304. The van der Waals surface area contributed by atoms with Crippen molar-refractivity contribution in [3.8, 4) is 5.75 Å². The molecule has 0 saturated heterocycles. The zero-order chi connectivity index (χ0) is 21.7. The molecule has 3 rings (SSSR count). The second kappa shape index (κ2) is 9.54. The molecule has 0 unspecified atom stereocenters. The highest BCUT2D eigenvalue weighted by Gasteiger charge is 2.15. The predicted octanol–water partition coefficient (Wildman–Crippen LogP) is 3.34. The lowest BCUT2D eigenvalue weighted by molar-refractivity contribution is -0.122. The SMILES string of the molecule is CCc1cc2c(CN(CC)CC(=O)NCc3ccc(F)cc3)cc(=O)oc2cc1O. The smallest absolute Gasteiger partial charge is 0.336 e. The van der Waals surface area contributed by atoms with E-state index in [1.165, 1.54) is 24.3 Å². The zero-order valence-corrected chi connectivity index (χ0v) is 17.1. The number of hydrogen-bond acceptors (Lipinski definition) is 5. The van der Waals surface area contributed by atoms with E-state index in [-0.39, 0.29) is 24.0 Å². The first-order valence-electron chi connectivity index (χ1n) is 9.91. The van der Waals surface area contributed by atoms with Crippen LogP contribution in [0.2, 0.25) is 0 Å². The summed E-state index contributed by atoms with van der Waals surface area (Å²) in [6, 6.07) is 10.7. The molecule has 0 saturated carbocycles. The average Bonchev–Trinajstić information content (AvgIpc) is 2.72. The molecule has 0 bridgehead atoms. The first kappa shape index (κ1) is 21.5. The molecule has 3 aromatic rings. The number of carbonyl (C=O) groups is 1. The second-order valence-electron chi connectivity index (χ2n) is 7.13. The maximum atomic E-state index is 13.0. The summed E-state index contributed by atoms with van der Waals surface area (Å²) in [4.78, 5) is 26.3. The van der Waals surface area contributed by atoms with E-state index in [1.807, 2.05) is 24.8 Å². The van der Waals surface area contributed by atoms with E-state index >= 15 is 0 Å². The molecule has 158 valence electrons. The molecule has 0 aliphatic carbocycles. The molecule has 1 amide bonds. The van der Waals surface area contributed by atoms with Gasteiger partial charge in [0.05, 0.1) is 6.54 Å². The first-order valence-corrected chi connectivity index (χ1v) is 9.91. The summed E-state index contributed by atoms with van der Waals surface area (Å²) in [7, 11) is 0. The van der Waals surface area contributed by atoms with Crippen LogP contribution >= 0.6 is 0 Å². The van der Waals surface area contributed by atoms with Crippen molar-refractivity contribution in [1.82, 2.24) is 10.2 Å². The van der Waals surface area contributed by atoms with Crippen LogP contribution in [-0.4, -0.2) is 29.0 Å². The zero-order valence-electron chi connectivity index (χ0n) is 17.1.